The van der Waals surface area contributed by atoms with Gasteiger partial charge in [0, 0.05) is 13.2 Å². The molecule has 0 saturated carbocycles. The molecule has 0 saturated heterocycles. The summed E-state index contributed by atoms with van der Waals surface area (Å²) in [5, 5.41) is 12.3. The first-order chi connectivity index (χ1) is 8.27. The van der Waals surface area contributed by atoms with E-state index in [2.05, 4.69) is 15.3 Å². The molecule has 0 aliphatic rings. The normalized spacial score (nSPS) is 10.3. The lowest BCUT2D eigenvalue weighted by Gasteiger charge is -2.07. The Hall–Kier alpha value is -1.07. The van der Waals surface area contributed by atoms with Crippen LogP contribution in [0.3, 0.4) is 0 Å². The number of aliphatic hydroxyl groups excluding tert-OH is 1. The Morgan fingerprint density at radius 2 is 2.12 bits per heavy atom. The number of halogens is 1. The maximum absolute atomic E-state index is 8.63. The van der Waals surface area contributed by atoms with Crippen LogP contribution in [0.1, 0.15) is 25.7 Å². The SMILES string of the molecule is COc1ncc(Cl)c(NCCCCCCO)n1. The number of aliphatic hydroxyl groups is 1. The first kappa shape index (κ1) is 14.0. The van der Waals surface area contributed by atoms with Crippen LogP contribution in [0.5, 0.6) is 6.01 Å². The van der Waals surface area contributed by atoms with Crippen molar-refractivity contribution in [3.05, 3.63) is 11.2 Å². The van der Waals surface area contributed by atoms with Gasteiger partial charge in [0.25, 0.3) is 0 Å². The average molecular weight is 260 g/mol. The summed E-state index contributed by atoms with van der Waals surface area (Å²) >= 11 is 5.94. The van der Waals surface area contributed by atoms with Crippen LogP contribution in [0.25, 0.3) is 0 Å². The van der Waals surface area contributed by atoms with Crippen LogP contribution in [-0.4, -0.2) is 35.3 Å². The molecule has 96 valence electrons. The van der Waals surface area contributed by atoms with Crippen LogP contribution < -0.4 is 10.1 Å². The van der Waals surface area contributed by atoms with Crippen molar-refractivity contribution in [3.63, 3.8) is 0 Å². The summed E-state index contributed by atoms with van der Waals surface area (Å²) in [6, 6.07) is 0.303. The Morgan fingerprint density at radius 1 is 1.35 bits per heavy atom. The largest absolute Gasteiger partial charge is 0.467 e. The molecule has 1 aromatic rings. The molecule has 1 rings (SSSR count). The summed E-state index contributed by atoms with van der Waals surface area (Å²) in [4.78, 5) is 8.00. The maximum atomic E-state index is 8.63. The van der Waals surface area contributed by atoms with E-state index in [1.54, 1.807) is 0 Å². The molecule has 1 heterocycles. The van der Waals surface area contributed by atoms with Crippen molar-refractivity contribution < 1.29 is 9.84 Å². The van der Waals surface area contributed by atoms with Gasteiger partial charge in [-0.3, -0.25) is 0 Å². The smallest absolute Gasteiger partial charge is 0.318 e. The number of ether oxygens (including phenoxy) is 1. The minimum Gasteiger partial charge on any atom is -0.467 e. The number of hydrogen-bond acceptors (Lipinski definition) is 5. The predicted octanol–water partition coefficient (Wildman–Crippen LogP) is 2.10. The zero-order valence-corrected chi connectivity index (χ0v) is 10.7. The monoisotopic (exact) mass is 259 g/mol. The highest BCUT2D eigenvalue weighted by Gasteiger charge is 2.04. The van der Waals surface area contributed by atoms with E-state index in [0.29, 0.717) is 16.9 Å². The number of aromatic nitrogens is 2. The van der Waals surface area contributed by atoms with E-state index >= 15 is 0 Å². The standard InChI is InChI=1S/C11H18ClN3O2/c1-17-11-14-8-9(12)10(15-11)13-6-4-2-3-5-7-16/h8,16H,2-7H2,1H3,(H,13,14,15). The average Bonchev–Trinajstić information content (AvgIpc) is 2.35. The van der Waals surface area contributed by atoms with E-state index < -0.39 is 0 Å². The van der Waals surface area contributed by atoms with Gasteiger partial charge in [-0.05, 0) is 12.8 Å². The number of anilines is 1. The van der Waals surface area contributed by atoms with Gasteiger partial charge in [-0.25, -0.2) is 4.98 Å². The van der Waals surface area contributed by atoms with E-state index in [4.69, 9.17) is 21.4 Å². The molecule has 0 bridgehead atoms. The van der Waals surface area contributed by atoms with Crippen LogP contribution >= 0.6 is 11.6 Å². The number of unbranched alkanes of at least 4 members (excludes halogenated alkanes) is 3. The summed E-state index contributed by atoms with van der Waals surface area (Å²) < 4.78 is 4.92. The lowest BCUT2D eigenvalue weighted by Crippen LogP contribution is -2.05. The molecule has 5 nitrogen and oxygen atoms in total. The molecular weight excluding hydrogens is 242 g/mol. The first-order valence-electron chi connectivity index (χ1n) is 5.69. The first-order valence-corrected chi connectivity index (χ1v) is 6.07. The van der Waals surface area contributed by atoms with Crippen LogP contribution in [0.2, 0.25) is 5.02 Å². The summed E-state index contributed by atoms with van der Waals surface area (Å²) in [5.74, 6) is 0.598. The topological polar surface area (TPSA) is 67.3 Å². The third kappa shape index (κ3) is 5.19. The highest BCUT2D eigenvalue weighted by molar-refractivity contribution is 6.32. The second kappa shape index (κ2) is 8.08. The van der Waals surface area contributed by atoms with E-state index in [-0.39, 0.29) is 6.61 Å². The van der Waals surface area contributed by atoms with Gasteiger partial charge >= 0.3 is 6.01 Å². The fraction of sp³-hybridized carbons (Fsp3) is 0.636. The lowest BCUT2D eigenvalue weighted by molar-refractivity contribution is 0.283. The molecule has 0 fully saturated rings. The molecule has 0 aliphatic heterocycles. The number of methoxy groups -OCH3 is 1. The summed E-state index contributed by atoms with van der Waals surface area (Å²) in [7, 11) is 1.52. The molecule has 17 heavy (non-hydrogen) atoms. The molecule has 0 atom stereocenters. The van der Waals surface area contributed by atoms with Crippen molar-refractivity contribution in [2.75, 3.05) is 25.6 Å². The maximum Gasteiger partial charge on any atom is 0.318 e. The Labute approximate surface area is 106 Å². The zero-order chi connectivity index (χ0) is 12.5. The highest BCUT2D eigenvalue weighted by atomic mass is 35.5. The Kier molecular flexibility index (Phi) is 6.65. The van der Waals surface area contributed by atoms with Crippen molar-refractivity contribution in [1.82, 2.24) is 9.97 Å². The molecule has 2 N–H and O–H groups in total. The van der Waals surface area contributed by atoms with Gasteiger partial charge in [-0.2, -0.15) is 4.98 Å². The van der Waals surface area contributed by atoms with E-state index in [1.165, 1.54) is 13.3 Å². The van der Waals surface area contributed by atoms with Gasteiger partial charge in [0.2, 0.25) is 0 Å². The van der Waals surface area contributed by atoms with Crippen molar-refractivity contribution >= 4 is 17.4 Å². The second-order valence-electron chi connectivity index (χ2n) is 3.62. The van der Waals surface area contributed by atoms with Crippen LogP contribution in [0, 0.1) is 0 Å². The summed E-state index contributed by atoms with van der Waals surface area (Å²) in [6.45, 7) is 1.06. The van der Waals surface area contributed by atoms with E-state index in [0.717, 1.165) is 32.2 Å². The van der Waals surface area contributed by atoms with Crippen molar-refractivity contribution in [1.29, 1.82) is 0 Å². The molecule has 0 aliphatic carbocycles. The quantitative estimate of drug-likeness (QED) is 0.700. The number of rotatable bonds is 8. The Bertz CT molecular complexity index is 336. The summed E-state index contributed by atoms with van der Waals surface area (Å²) in [5.41, 5.74) is 0. The van der Waals surface area contributed by atoms with Gasteiger partial charge in [-0.15, -0.1) is 0 Å². The fourth-order valence-electron chi connectivity index (χ4n) is 1.37. The molecule has 1 aromatic heterocycles. The number of nitrogens with zero attached hydrogens (tertiary/aromatic N) is 2. The van der Waals surface area contributed by atoms with Gasteiger partial charge in [-0.1, -0.05) is 24.4 Å². The highest BCUT2D eigenvalue weighted by Crippen LogP contribution is 2.20. The van der Waals surface area contributed by atoms with Crippen molar-refractivity contribution in [2.45, 2.75) is 25.7 Å². The minimum absolute atomic E-state index is 0.266. The van der Waals surface area contributed by atoms with Gasteiger partial charge < -0.3 is 15.2 Å². The van der Waals surface area contributed by atoms with Crippen LogP contribution in [0.4, 0.5) is 5.82 Å². The summed E-state index contributed by atoms with van der Waals surface area (Å²) in [6.07, 6.45) is 5.51. The minimum atomic E-state index is 0.266. The van der Waals surface area contributed by atoms with Gasteiger partial charge in [0.1, 0.15) is 5.02 Å². The molecule has 0 aromatic carbocycles. The third-order valence-electron chi connectivity index (χ3n) is 2.28. The van der Waals surface area contributed by atoms with Crippen LogP contribution in [-0.2, 0) is 0 Å². The van der Waals surface area contributed by atoms with Gasteiger partial charge in [0.15, 0.2) is 5.82 Å². The second-order valence-corrected chi connectivity index (χ2v) is 4.03. The fourth-order valence-corrected chi connectivity index (χ4v) is 1.53. The molecule has 0 spiro atoms. The van der Waals surface area contributed by atoms with Gasteiger partial charge in [0.05, 0.1) is 13.3 Å². The number of hydrogen-bond donors (Lipinski definition) is 2. The predicted molar refractivity (Wildman–Crippen MR) is 67.6 cm³/mol. The molecule has 0 unspecified atom stereocenters. The number of nitrogens with one attached hydrogen (secondary N) is 1. The molecular formula is C11H18ClN3O2. The van der Waals surface area contributed by atoms with E-state index in [1.807, 2.05) is 0 Å². The van der Waals surface area contributed by atoms with E-state index in [9.17, 15) is 0 Å². The lowest BCUT2D eigenvalue weighted by atomic mass is 10.2. The Morgan fingerprint density at radius 3 is 2.82 bits per heavy atom. The van der Waals surface area contributed by atoms with Crippen LogP contribution in [0.15, 0.2) is 6.20 Å². The molecule has 0 amide bonds. The van der Waals surface area contributed by atoms with Crippen molar-refractivity contribution in [2.24, 2.45) is 0 Å². The molecule has 6 heteroatoms. The Balaban J connectivity index is 2.30. The zero-order valence-electron chi connectivity index (χ0n) is 9.95. The third-order valence-corrected chi connectivity index (χ3v) is 2.56. The van der Waals surface area contributed by atoms with Crippen molar-refractivity contribution in [3.8, 4) is 6.01 Å². The molecule has 0 radical (unpaired) electrons.